The minimum Gasteiger partial charge on any atom is -0.380 e. The van der Waals surface area contributed by atoms with Gasteiger partial charge < -0.3 is 14.8 Å². The highest BCUT2D eigenvalue weighted by Gasteiger charge is 2.38. The first-order chi connectivity index (χ1) is 12.5. The molecule has 0 aromatic heterocycles. The van der Waals surface area contributed by atoms with Crippen LogP contribution in [0.4, 0.5) is 0 Å². The zero-order chi connectivity index (χ0) is 19.6. The number of rotatable bonds is 11. The molecule has 0 radical (unpaired) electrons. The molecule has 0 spiro atoms. The Kier molecular flexibility index (Phi) is 10.5. The molecule has 0 bridgehead atoms. The summed E-state index contributed by atoms with van der Waals surface area (Å²) in [7, 11) is 1.79. The first-order valence-electron chi connectivity index (χ1n) is 9.55. The summed E-state index contributed by atoms with van der Waals surface area (Å²) in [6, 6.07) is 0.259. The van der Waals surface area contributed by atoms with E-state index in [9.17, 15) is 0 Å². The molecule has 1 aliphatic rings. The second-order valence-corrected chi connectivity index (χ2v) is 7.97. The van der Waals surface area contributed by atoms with Crippen molar-refractivity contribution in [3.8, 4) is 0 Å². The lowest BCUT2D eigenvalue weighted by atomic mass is 9.89. The number of nitrogens with zero attached hydrogens (tertiary/aromatic N) is 2. The van der Waals surface area contributed by atoms with Crippen molar-refractivity contribution < 1.29 is 9.47 Å². The summed E-state index contributed by atoms with van der Waals surface area (Å²) in [5, 5.41) is 3.43. The van der Waals surface area contributed by atoms with Gasteiger partial charge in [0.25, 0.3) is 0 Å². The number of hydrogen-bond acceptors (Lipinski definition) is 6. The third-order valence-corrected chi connectivity index (χ3v) is 6.55. The molecule has 6 heteroatoms. The van der Waals surface area contributed by atoms with Gasteiger partial charge in [-0.3, -0.25) is 9.89 Å². The number of morpholine rings is 1. The zero-order valence-electron chi connectivity index (χ0n) is 17.4. The van der Waals surface area contributed by atoms with Crippen LogP contribution in [-0.4, -0.2) is 67.3 Å². The van der Waals surface area contributed by atoms with Crippen LogP contribution < -0.4 is 5.32 Å². The van der Waals surface area contributed by atoms with Crippen LogP contribution in [0.1, 0.15) is 41.0 Å². The van der Waals surface area contributed by atoms with Crippen molar-refractivity contribution in [2.75, 3.05) is 40.0 Å². The van der Waals surface area contributed by atoms with Crippen molar-refractivity contribution in [2.45, 2.75) is 57.9 Å². The fourth-order valence-electron chi connectivity index (χ4n) is 3.48. The number of ether oxygens (including phenoxy) is 2. The summed E-state index contributed by atoms with van der Waals surface area (Å²) in [5.74, 6) is 0. The minimum atomic E-state index is -0.214. The Hall–Kier alpha value is -0.820. The van der Waals surface area contributed by atoms with E-state index in [2.05, 4.69) is 56.4 Å². The van der Waals surface area contributed by atoms with Crippen molar-refractivity contribution in [3.05, 3.63) is 24.0 Å². The minimum absolute atomic E-state index is 0.0920. The van der Waals surface area contributed by atoms with Gasteiger partial charge >= 0.3 is 0 Å². The highest BCUT2D eigenvalue weighted by molar-refractivity contribution is 8.13. The molecule has 3 atom stereocenters. The summed E-state index contributed by atoms with van der Waals surface area (Å²) in [5.41, 5.74) is 4.44. The van der Waals surface area contributed by atoms with Gasteiger partial charge in [-0.2, -0.15) is 0 Å². The van der Waals surface area contributed by atoms with Crippen LogP contribution in [0.2, 0.25) is 0 Å². The second-order valence-electron chi connectivity index (χ2n) is 6.67. The standard InChI is InChI=1S/C20H37N3O2S/c1-8-18(24-7)20(6,26-15-21-9-2)16(4)19(22-10-3)17(5)23-11-13-25-14-12-23/h10,15,17-18,22H,3,8-9,11-14H2,1-2,4-7H3/b19-16-,21-15-/t17?,18?,20-/m1/s1. The Morgan fingerprint density at radius 1 is 1.42 bits per heavy atom. The summed E-state index contributed by atoms with van der Waals surface area (Å²) in [4.78, 5) is 6.88. The Bertz CT molecular complexity index is 485. The maximum absolute atomic E-state index is 5.87. The molecule has 1 N–H and O–H groups in total. The van der Waals surface area contributed by atoms with Gasteiger partial charge in [0.15, 0.2) is 0 Å². The maximum Gasteiger partial charge on any atom is 0.0754 e. The van der Waals surface area contributed by atoms with Gasteiger partial charge in [0, 0.05) is 38.5 Å². The fourth-order valence-corrected chi connectivity index (χ4v) is 4.62. The summed E-state index contributed by atoms with van der Waals surface area (Å²) < 4.78 is 11.2. The number of nitrogens with one attached hydrogen (secondary N) is 1. The monoisotopic (exact) mass is 383 g/mol. The van der Waals surface area contributed by atoms with E-state index in [1.54, 1.807) is 25.1 Å². The van der Waals surface area contributed by atoms with Crippen LogP contribution >= 0.6 is 11.8 Å². The first kappa shape index (κ1) is 23.2. The Morgan fingerprint density at radius 2 is 2.08 bits per heavy atom. The molecule has 1 aliphatic heterocycles. The summed E-state index contributed by atoms with van der Waals surface area (Å²) in [6.45, 7) is 19.1. The van der Waals surface area contributed by atoms with Gasteiger partial charge in [-0.15, -0.1) is 11.8 Å². The lowest BCUT2D eigenvalue weighted by molar-refractivity contribution is 0.0254. The lowest BCUT2D eigenvalue weighted by Gasteiger charge is -2.40. The largest absolute Gasteiger partial charge is 0.380 e. The molecule has 0 aromatic rings. The van der Waals surface area contributed by atoms with Crippen LogP contribution in [0, 0.1) is 0 Å². The zero-order valence-corrected chi connectivity index (χ0v) is 18.2. The number of methoxy groups -OCH3 is 1. The van der Waals surface area contributed by atoms with E-state index in [1.807, 2.05) is 5.55 Å². The number of hydrogen-bond donors (Lipinski definition) is 1. The summed E-state index contributed by atoms with van der Waals surface area (Å²) >= 11 is 1.74. The molecule has 0 saturated carbocycles. The van der Waals surface area contributed by atoms with Crippen molar-refractivity contribution in [2.24, 2.45) is 4.99 Å². The van der Waals surface area contributed by atoms with Crippen LogP contribution in [0.3, 0.4) is 0 Å². The number of thioether (sulfide) groups is 1. The maximum atomic E-state index is 5.87. The SMILES string of the molecule is C=CN/C(=C(/C)[C@@](C)(S/C=N\CC)C(CC)OC)C(C)N1CCOCC1. The average Bonchev–Trinajstić information content (AvgIpc) is 2.67. The van der Waals surface area contributed by atoms with Crippen molar-refractivity contribution >= 4 is 17.3 Å². The van der Waals surface area contributed by atoms with Gasteiger partial charge in [0.1, 0.15) is 0 Å². The Labute approximate surface area is 164 Å². The lowest BCUT2D eigenvalue weighted by Crippen LogP contribution is -2.47. The normalized spacial score (nSPS) is 21.8. The molecule has 150 valence electrons. The third-order valence-electron chi connectivity index (χ3n) is 5.24. The first-order valence-corrected chi connectivity index (χ1v) is 10.4. The highest BCUT2D eigenvalue weighted by Crippen LogP contribution is 2.39. The van der Waals surface area contributed by atoms with Gasteiger partial charge in [-0.25, -0.2) is 0 Å². The fraction of sp³-hybridized carbons (Fsp3) is 0.750. The van der Waals surface area contributed by atoms with E-state index < -0.39 is 0 Å². The molecule has 1 saturated heterocycles. The van der Waals surface area contributed by atoms with E-state index in [0.29, 0.717) is 0 Å². The quantitative estimate of drug-likeness (QED) is 0.436. The second kappa shape index (κ2) is 11.8. The van der Waals surface area contributed by atoms with Crippen LogP contribution in [0.25, 0.3) is 0 Å². The molecular formula is C20H37N3O2S. The molecule has 5 nitrogen and oxygen atoms in total. The molecule has 0 aromatic carbocycles. The molecule has 0 amide bonds. The van der Waals surface area contributed by atoms with E-state index in [1.165, 1.54) is 11.3 Å². The van der Waals surface area contributed by atoms with Gasteiger partial charge in [-0.05, 0) is 45.9 Å². The van der Waals surface area contributed by atoms with Crippen LogP contribution in [-0.2, 0) is 9.47 Å². The smallest absolute Gasteiger partial charge is 0.0754 e. The van der Waals surface area contributed by atoms with Crippen LogP contribution in [0.5, 0.6) is 0 Å². The van der Waals surface area contributed by atoms with Crippen LogP contribution in [0.15, 0.2) is 29.0 Å². The molecule has 1 heterocycles. The molecule has 1 rings (SSSR count). The Morgan fingerprint density at radius 3 is 2.58 bits per heavy atom. The van der Waals surface area contributed by atoms with Gasteiger partial charge in [0.2, 0.25) is 0 Å². The topological polar surface area (TPSA) is 46.1 Å². The Balaban J connectivity index is 3.29. The van der Waals surface area contributed by atoms with E-state index in [4.69, 9.17) is 9.47 Å². The summed E-state index contributed by atoms with van der Waals surface area (Å²) in [6.07, 6.45) is 2.80. The molecule has 26 heavy (non-hydrogen) atoms. The van der Waals surface area contributed by atoms with Gasteiger partial charge in [-0.1, -0.05) is 13.5 Å². The molecule has 2 unspecified atom stereocenters. The molecule has 0 aliphatic carbocycles. The molecule has 1 fully saturated rings. The third kappa shape index (κ3) is 5.84. The van der Waals surface area contributed by atoms with Crippen molar-refractivity contribution in [3.63, 3.8) is 0 Å². The van der Waals surface area contributed by atoms with E-state index >= 15 is 0 Å². The van der Waals surface area contributed by atoms with E-state index in [0.717, 1.165) is 39.3 Å². The van der Waals surface area contributed by atoms with E-state index in [-0.39, 0.29) is 16.9 Å². The van der Waals surface area contributed by atoms with Crippen molar-refractivity contribution in [1.29, 1.82) is 0 Å². The predicted octanol–water partition coefficient (Wildman–Crippen LogP) is 3.68. The molecular weight excluding hydrogens is 346 g/mol. The highest BCUT2D eigenvalue weighted by atomic mass is 32.2. The van der Waals surface area contributed by atoms with Crippen molar-refractivity contribution in [1.82, 2.24) is 10.2 Å². The number of aliphatic imine (C=N–C) groups is 1. The van der Waals surface area contributed by atoms with Gasteiger partial charge in [0.05, 0.1) is 29.6 Å². The average molecular weight is 384 g/mol. The predicted molar refractivity (Wildman–Crippen MR) is 114 cm³/mol.